The van der Waals surface area contributed by atoms with Gasteiger partial charge in [0.1, 0.15) is 5.02 Å². The Hall–Kier alpha value is -3.37. The van der Waals surface area contributed by atoms with E-state index in [1.807, 2.05) is 32.0 Å². The Bertz CT molecular complexity index is 1550. The quantitative estimate of drug-likeness (QED) is 0.296. The third-order valence-corrected chi connectivity index (χ3v) is 10.2. The van der Waals surface area contributed by atoms with Crippen molar-refractivity contribution < 1.29 is 9.53 Å². The standard InChI is InChI=1S/C33H44ClN7O3/c1-21(2)41-27-5-4-25(15-24(27)16-28(31(41)43)44-18-29(42)35-3)38-30-26(34)17-37-32(39-30)40-12-8-23(9-13-40)14-22-6-10-33(11-7-22)19-36-20-33/h4-5,15-17,21-23,36H,6-14,18-20H2,1-3H3,(H,35,42)(H,37,38,39). The lowest BCUT2D eigenvalue weighted by Gasteiger charge is -2.48. The van der Waals surface area contributed by atoms with Crippen molar-refractivity contribution in [2.24, 2.45) is 17.3 Å². The molecule has 0 atom stereocenters. The van der Waals surface area contributed by atoms with Crippen LogP contribution in [0.4, 0.5) is 17.5 Å². The maximum atomic E-state index is 13.1. The monoisotopic (exact) mass is 621 g/mol. The lowest BCUT2D eigenvalue weighted by molar-refractivity contribution is -0.122. The Morgan fingerprint density at radius 1 is 1.14 bits per heavy atom. The summed E-state index contributed by atoms with van der Waals surface area (Å²) in [6.45, 7) is 8.02. The molecular weight excluding hydrogens is 578 g/mol. The van der Waals surface area contributed by atoms with E-state index in [1.54, 1.807) is 16.8 Å². The molecule has 2 saturated heterocycles. The van der Waals surface area contributed by atoms with Gasteiger partial charge in [-0.05, 0) is 100 Å². The lowest BCUT2D eigenvalue weighted by Crippen LogP contribution is -2.54. The van der Waals surface area contributed by atoms with Gasteiger partial charge in [-0.15, -0.1) is 0 Å². The Kier molecular flexibility index (Phi) is 9.01. The first-order valence-electron chi connectivity index (χ1n) is 16.0. The Morgan fingerprint density at radius 2 is 1.86 bits per heavy atom. The summed E-state index contributed by atoms with van der Waals surface area (Å²) in [6, 6.07) is 7.31. The molecule has 0 radical (unpaired) electrons. The van der Waals surface area contributed by atoms with E-state index in [0.29, 0.717) is 22.2 Å². The van der Waals surface area contributed by atoms with Crippen LogP contribution in [0.25, 0.3) is 10.9 Å². The van der Waals surface area contributed by atoms with Crippen LogP contribution in [0.15, 0.2) is 35.3 Å². The molecule has 0 bridgehead atoms. The van der Waals surface area contributed by atoms with E-state index in [4.69, 9.17) is 21.3 Å². The first-order valence-corrected chi connectivity index (χ1v) is 16.4. The second-order valence-electron chi connectivity index (χ2n) is 13.2. The van der Waals surface area contributed by atoms with Crippen LogP contribution in [0.1, 0.15) is 64.8 Å². The van der Waals surface area contributed by atoms with Gasteiger partial charge in [0, 0.05) is 50.3 Å². The van der Waals surface area contributed by atoms with Gasteiger partial charge >= 0.3 is 0 Å². The van der Waals surface area contributed by atoms with Gasteiger partial charge in [0.05, 0.1) is 11.7 Å². The lowest BCUT2D eigenvalue weighted by atomic mass is 9.65. The van der Waals surface area contributed by atoms with Crippen molar-refractivity contribution in [1.82, 2.24) is 25.2 Å². The minimum atomic E-state index is -0.307. The molecule has 1 spiro atoms. The Labute approximate surface area is 263 Å². The van der Waals surface area contributed by atoms with E-state index in [-0.39, 0.29) is 29.9 Å². The summed E-state index contributed by atoms with van der Waals surface area (Å²) in [5.74, 6) is 2.70. The first kappa shape index (κ1) is 30.6. The third kappa shape index (κ3) is 6.52. The van der Waals surface area contributed by atoms with E-state index in [1.165, 1.54) is 65.1 Å². The highest BCUT2D eigenvalue weighted by Crippen LogP contribution is 2.44. The predicted molar refractivity (Wildman–Crippen MR) is 175 cm³/mol. The van der Waals surface area contributed by atoms with Gasteiger partial charge in [-0.1, -0.05) is 11.6 Å². The van der Waals surface area contributed by atoms with Crippen molar-refractivity contribution in [3.8, 4) is 5.75 Å². The van der Waals surface area contributed by atoms with Gasteiger partial charge in [-0.3, -0.25) is 9.59 Å². The number of halogens is 1. The molecule has 1 aromatic carbocycles. The molecule has 3 fully saturated rings. The molecule has 4 heterocycles. The van der Waals surface area contributed by atoms with Crippen LogP contribution in [0.3, 0.4) is 0 Å². The molecule has 0 unspecified atom stereocenters. The van der Waals surface area contributed by atoms with Crippen LogP contribution >= 0.6 is 11.6 Å². The zero-order chi connectivity index (χ0) is 30.8. The number of nitrogens with zero attached hydrogens (tertiary/aromatic N) is 4. The summed E-state index contributed by atoms with van der Waals surface area (Å²) in [7, 11) is 1.53. The van der Waals surface area contributed by atoms with Gasteiger partial charge in [0.25, 0.3) is 11.5 Å². The maximum absolute atomic E-state index is 13.1. The van der Waals surface area contributed by atoms with Crippen LogP contribution in [-0.4, -0.2) is 60.3 Å². The normalized spacial score (nSPS) is 18.9. The van der Waals surface area contributed by atoms with E-state index in [9.17, 15) is 9.59 Å². The maximum Gasteiger partial charge on any atom is 0.293 e. The highest BCUT2D eigenvalue weighted by Gasteiger charge is 2.40. The number of nitrogens with one attached hydrogen (secondary N) is 3. The average Bonchev–Trinajstić information content (AvgIpc) is 3.01. The topological polar surface area (TPSA) is 113 Å². The van der Waals surface area contributed by atoms with Crippen LogP contribution in [0.5, 0.6) is 5.75 Å². The Balaban J connectivity index is 1.13. The predicted octanol–water partition coefficient (Wildman–Crippen LogP) is 5.28. The van der Waals surface area contributed by atoms with Gasteiger partial charge in [-0.2, -0.15) is 4.98 Å². The van der Waals surface area contributed by atoms with Crippen molar-refractivity contribution in [3.63, 3.8) is 0 Å². The summed E-state index contributed by atoms with van der Waals surface area (Å²) >= 11 is 6.55. The van der Waals surface area contributed by atoms with Gasteiger partial charge in [0.2, 0.25) is 5.95 Å². The fourth-order valence-corrected chi connectivity index (χ4v) is 7.30. The molecule has 11 heteroatoms. The van der Waals surface area contributed by atoms with Gasteiger partial charge in [-0.25, -0.2) is 4.98 Å². The van der Waals surface area contributed by atoms with Crippen molar-refractivity contribution in [3.05, 3.63) is 45.8 Å². The molecule has 6 rings (SSSR count). The number of carbonyl (C=O) groups excluding carboxylic acids is 1. The molecule has 1 amide bonds. The summed E-state index contributed by atoms with van der Waals surface area (Å²) in [6.07, 6.45) is 11.0. The van der Waals surface area contributed by atoms with Crippen LogP contribution in [-0.2, 0) is 4.79 Å². The molecule has 10 nitrogen and oxygen atoms in total. The van der Waals surface area contributed by atoms with Gasteiger partial charge in [0.15, 0.2) is 18.2 Å². The number of hydrogen-bond donors (Lipinski definition) is 3. The second kappa shape index (κ2) is 12.9. The number of benzene rings is 1. The number of rotatable bonds is 9. The summed E-state index contributed by atoms with van der Waals surface area (Å²) < 4.78 is 7.27. The number of anilines is 3. The van der Waals surface area contributed by atoms with Crippen molar-refractivity contribution in [2.75, 3.05) is 50.1 Å². The van der Waals surface area contributed by atoms with E-state index in [0.717, 1.165) is 41.5 Å². The van der Waals surface area contributed by atoms with Crippen LogP contribution < -0.4 is 31.1 Å². The number of piperidine rings is 1. The Morgan fingerprint density at radius 3 is 2.52 bits per heavy atom. The fraction of sp³-hybridized carbons (Fsp3) is 0.576. The van der Waals surface area contributed by atoms with E-state index < -0.39 is 0 Å². The first-order chi connectivity index (χ1) is 21.2. The minimum Gasteiger partial charge on any atom is -0.478 e. The highest BCUT2D eigenvalue weighted by molar-refractivity contribution is 6.32. The minimum absolute atomic E-state index is 0.102. The molecule has 236 valence electrons. The number of likely N-dealkylation sites (N-methyl/N-ethyl adjacent to an activating group) is 1. The van der Waals surface area contributed by atoms with E-state index in [2.05, 4.69) is 25.8 Å². The molecule has 44 heavy (non-hydrogen) atoms. The fourth-order valence-electron chi connectivity index (χ4n) is 7.16. The number of pyridine rings is 1. The smallest absolute Gasteiger partial charge is 0.293 e. The number of hydrogen-bond acceptors (Lipinski definition) is 8. The number of aromatic nitrogens is 3. The summed E-state index contributed by atoms with van der Waals surface area (Å²) in [5, 5.41) is 10.6. The van der Waals surface area contributed by atoms with Crippen molar-refractivity contribution >= 4 is 45.9 Å². The van der Waals surface area contributed by atoms with Crippen molar-refractivity contribution in [2.45, 2.75) is 64.8 Å². The SMILES string of the molecule is CNC(=O)COc1cc2cc(Nc3nc(N4CCC(CC5CCC6(CC5)CNC6)CC4)ncc3Cl)ccc2n(C(C)C)c1=O. The largest absolute Gasteiger partial charge is 0.478 e. The van der Waals surface area contributed by atoms with E-state index >= 15 is 0 Å². The third-order valence-electron chi connectivity index (χ3n) is 9.88. The highest BCUT2D eigenvalue weighted by atomic mass is 35.5. The number of amides is 1. The zero-order valence-electron chi connectivity index (χ0n) is 26.0. The second-order valence-corrected chi connectivity index (χ2v) is 13.6. The molecule has 1 saturated carbocycles. The van der Waals surface area contributed by atoms with Crippen molar-refractivity contribution in [1.29, 1.82) is 0 Å². The average molecular weight is 622 g/mol. The molecule has 3 aromatic rings. The molecule has 2 aliphatic heterocycles. The zero-order valence-corrected chi connectivity index (χ0v) is 26.8. The van der Waals surface area contributed by atoms with Gasteiger partial charge < -0.3 is 30.2 Å². The number of ether oxygens (including phenoxy) is 1. The number of fused-ring (bicyclic) bond motifs is 1. The molecule has 2 aromatic heterocycles. The summed E-state index contributed by atoms with van der Waals surface area (Å²) in [4.78, 5) is 36.6. The molecule has 1 aliphatic carbocycles. The van der Waals surface area contributed by atoms with Crippen LogP contribution in [0, 0.1) is 17.3 Å². The molecular formula is C33H44ClN7O3. The molecule has 3 aliphatic rings. The van der Waals surface area contributed by atoms with Crippen LogP contribution in [0.2, 0.25) is 5.02 Å². The summed E-state index contributed by atoms with van der Waals surface area (Å²) in [5.41, 5.74) is 1.89. The number of carbonyl (C=O) groups is 1. The molecule has 3 N–H and O–H groups in total.